The van der Waals surface area contributed by atoms with Gasteiger partial charge in [-0.15, -0.1) is 0 Å². The van der Waals surface area contributed by atoms with Crippen LogP contribution in [0.15, 0.2) is 0 Å². The molecule has 2 aliphatic carbocycles. The molecule has 0 radical (unpaired) electrons. The fraction of sp³-hybridized carbons (Fsp3) is 1.00. The zero-order valence-corrected chi connectivity index (χ0v) is 11.0. The zero-order chi connectivity index (χ0) is 12.1. The highest BCUT2D eigenvalue weighted by atomic mass is 16.3. The molecule has 100 valence electrons. The predicted octanol–water partition coefficient (Wildman–Crippen LogP) is 2.97. The van der Waals surface area contributed by atoms with Gasteiger partial charge in [0.25, 0.3) is 0 Å². The van der Waals surface area contributed by atoms with Gasteiger partial charge in [0.05, 0.1) is 0 Å². The van der Waals surface area contributed by atoms with Crippen molar-refractivity contribution in [1.29, 1.82) is 0 Å². The largest absolute Gasteiger partial charge is 0.396 e. The van der Waals surface area contributed by atoms with E-state index in [2.05, 4.69) is 0 Å². The third-order valence-corrected chi connectivity index (χ3v) is 5.27. The van der Waals surface area contributed by atoms with E-state index in [1.807, 2.05) is 0 Å². The number of aliphatic hydroxyl groups excluding tert-OH is 2. The van der Waals surface area contributed by atoms with Crippen LogP contribution < -0.4 is 0 Å². The number of hydrogen-bond acceptors (Lipinski definition) is 2. The first-order valence-electron chi connectivity index (χ1n) is 7.57. The molecule has 2 fully saturated rings. The van der Waals surface area contributed by atoms with E-state index in [4.69, 9.17) is 0 Å². The highest BCUT2D eigenvalue weighted by Crippen LogP contribution is 2.41. The average molecular weight is 240 g/mol. The molecule has 2 N–H and O–H groups in total. The fourth-order valence-electron chi connectivity index (χ4n) is 4.05. The minimum absolute atomic E-state index is 0.141. The lowest BCUT2D eigenvalue weighted by Gasteiger charge is -2.37. The number of aliphatic hydroxyl groups is 2. The van der Waals surface area contributed by atoms with E-state index in [1.165, 1.54) is 57.8 Å². The topological polar surface area (TPSA) is 40.5 Å². The van der Waals surface area contributed by atoms with E-state index in [1.54, 1.807) is 0 Å². The van der Waals surface area contributed by atoms with E-state index >= 15 is 0 Å². The SMILES string of the molecule is OCC(CO)C1CCC(C2CCCCC2)CC1. The maximum Gasteiger partial charge on any atom is 0.0483 e. The van der Waals surface area contributed by atoms with E-state index in [9.17, 15) is 10.2 Å². The summed E-state index contributed by atoms with van der Waals surface area (Å²) >= 11 is 0. The van der Waals surface area contributed by atoms with Gasteiger partial charge in [0.1, 0.15) is 0 Å². The van der Waals surface area contributed by atoms with Gasteiger partial charge in [0.15, 0.2) is 0 Å². The lowest BCUT2D eigenvalue weighted by molar-refractivity contribution is 0.0668. The standard InChI is InChI=1S/C15H28O2/c16-10-15(11-17)14-8-6-13(7-9-14)12-4-2-1-3-5-12/h12-17H,1-11H2. The molecule has 0 bridgehead atoms. The molecule has 0 spiro atoms. The Morgan fingerprint density at radius 2 is 1.24 bits per heavy atom. The molecule has 0 aliphatic heterocycles. The summed E-state index contributed by atoms with van der Waals surface area (Å²) in [4.78, 5) is 0. The van der Waals surface area contributed by atoms with Gasteiger partial charge in [-0.2, -0.15) is 0 Å². The second-order valence-electron chi connectivity index (χ2n) is 6.20. The molecule has 0 unspecified atom stereocenters. The van der Waals surface area contributed by atoms with Crippen molar-refractivity contribution in [3.63, 3.8) is 0 Å². The Balaban J connectivity index is 1.76. The maximum atomic E-state index is 9.23. The summed E-state index contributed by atoms with van der Waals surface area (Å²) in [6.45, 7) is 0.324. The van der Waals surface area contributed by atoms with Crippen molar-refractivity contribution in [2.45, 2.75) is 57.8 Å². The first-order valence-corrected chi connectivity index (χ1v) is 7.57. The molecule has 0 amide bonds. The van der Waals surface area contributed by atoms with Crippen molar-refractivity contribution < 1.29 is 10.2 Å². The monoisotopic (exact) mass is 240 g/mol. The van der Waals surface area contributed by atoms with Gasteiger partial charge in [-0.1, -0.05) is 32.1 Å². The summed E-state index contributed by atoms with van der Waals surface area (Å²) in [6.07, 6.45) is 12.4. The third-order valence-electron chi connectivity index (χ3n) is 5.27. The maximum absolute atomic E-state index is 9.23. The van der Waals surface area contributed by atoms with Crippen molar-refractivity contribution >= 4 is 0 Å². The van der Waals surface area contributed by atoms with Crippen molar-refractivity contribution in [1.82, 2.24) is 0 Å². The second kappa shape index (κ2) is 6.75. The molecule has 0 heterocycles. The smallest absolute Gasteiger partial charge is 0.0483 e. The molecule has 2 heteroatoms. The van der Waals surface area contributed by atoms with Crippen molar-refractivity contribution in [2.24, 2.45) is 23.7 Å². The fourth-order valence-corrected chi connectivity index (χ4v) is 4.05. The minimum atomic E-state index is 0.141. The normalized spacial score (nSPS) is 31.9. The van der Waals surface area contributed by atoms with Crippen LogP contribution in [-0.4, -0.2) is 23.4 Å². The van der Waals surface area contributed by atoms with E-state index in [0.29, 0.717) is 5.92 Å². The Labute approximate surface area is 105 Å². The summed E-state index contributed by atoms with van der Waals surface area (Å²) in [7, 11) is 0. The van der Waals surface area contributed by atoms with Crippen LogP contribution in [0.25, 0.3) is 0 Å². The first kappa shape index (κ1) is 13.4. The average Bonchev–Trinajstić information content (AvgIpc) is 2.42. The van der Waals surface area contributed by atoms with Gasteiger partial charge in [-0.3, -0.25) is 0 Å². The molecule has 0 atom stereocenters. The van der Waals surface area contributed by atoms with E-state index in [0.717, 1.165) is 11.8 Å². The molecule has 0 aromatic rings. The molecular weight excluding hydrogens is 212 g/mol. The van der Waals surface area contributed by atoms with E-state index in [-0.39, 0.29) is 19.1 Å². The minimum Gasteiger partial charge on any atom is -0.396 e. The summed E-state index contributed by atoms with van der Waals surface area (Å²) in [5, 5.41) is 18.5. The second-order valence-corrected chi connectivity index (χ2v) is 6.20. The predicted molar refractivity (Wildman–Crippen MR) is 69.7 cm³/mol. The lowest BCUT2D eigenvalue weighted by Crippen LogP contribution is -2.29. The highest BCUT2D eigenvalue weighted by Gasteiger charge is 2.31. The van der Waals surface area contributed by atoms with Crippen LogP contribution in [0.4, 0.5) is 0 Å². The number of rotatable bonds is 4. The molecular formula is C15H28O2. The van der Waals surface area contributed by atoms with Gasteiger partial charge in [0, 0.05) is 19.1 Å². The summed E-state index contributed by atoms with van der Waals surface area (Å²) in [5.74, 6) is 2.66. The molecule has 17 heavy (non-hydrogen) atoms. The van der Waals surface area contributed by atoms with Crippen LogP contribution in [0, 0.1) is 23.7 Å². The molecule has 2 saturated carbocycles. The lowest BCUT2D eigenvalue weighted by atomic mass is 9.69. The Morgan fingerprint density at radius 1 is 0.706 bits per heavy atom. The van der Waals surface area contributed by atoms with Crippen LogP contribution in [0.1, 0.15) is 57.8 Å². The summed E-state index contributed by atoms with van der Waals surface area (Å²) in [5.41, 5.74) is 0. The summed E-state index contributed by atoms with van der Waals surface area (Å²) < 4.78 is 0. The zero-order valence-electron chi connectivity index (χ0n) is 11.0. The quantitative estimate of drug-likeness (QED) is 0.793. The van der Waals surface area contributed by atoms with Crippen molar-refractivity contribution in [3.8, 4) is 0 Å². The van der Waals surface area contributed by atoms with Gasteiger partial charge in [0.2, 0.25) is 0 Å². The Bertz CT molecular complexity index is 199. The first-order chi connectivity index (χ1) is 8.35. The van der Waals surface area contributed by atoms with Gasteiger partial charge in [-0.25, -0.2) is 0 Å². The van der Waals surface area contributed by atoms with Gasteiger partial charge in [-0.05, 0) is 43.4 Å². The highest BCUT2D eigenvalue weighted by molar-refractivity contribution is 4.82. The van der Waals surface area contributed by atoms with Gasteiger partial charge < -0.3 is 10.2 Å². The van der Waals surface area contributed by atoms with Crippen molar-refractivity contribution in [2.75, 3.05) is 13.2 Å². The molecule has 2 rings (SSSR count). The molecule has 2 aliphatic rings. The van der Waals surface area contributed by atoms with Crippen LogP contribution >= 0.6 is 0 Å². The van der Waals surface area contributed by atoms with Crippen molar-refractivity contribution in [3.05, 3.63) is 0 Å². The van der Waals surface area contributed by atoms with Crippen LogP contribution in [0.5, 0.6) is 0 Å². The number of hydrogen-bond donors (Lipinski definition) is 2. The Morgan fingerprint density at radius 3 is 1.76 bits per heavy atom. The molecule has 0 saturated heterocycles. The third kappa shape index (κ3) is 3.45. The Kier molecular flexibility index (Phi) is 5.30. The molecule has 0 aromatic carbocycles. The Hall–Kier alpha value is -0.0800. The van der Waals surface area contributed by atoms with Gasteiger partial charge >= 0.3 is 0 Å². The van der Waals surface area contributed by atoms with Crippen LogP contribution in [0.2, 0.25) is 0 Å². The van der Waals surface area contributed by atoms with Crippen LogP contribution in [-0.2, 0) is 0 Å². The van der Waals surface area contributed by atoms with Crippen LogP contribution in [0.3, 0.4) is 0 Å². The summed E-state index contributed by atoms with van der Waals surface area (Å²) in [6, 6.07) is 0. The molecule has 2 nitrogen and oxygen atoms in total. The molecule has 0 aromatic heterocycles. The van der Waals surface area contributed by atoms with E-state index < -0.39 is 0 Å².